The van der Waals surface area contributed by atoms with Gasteiger partial charge in [0, 0.05) is 12.3 Å². The third kappa shape index (κ3) is 2.52. The van der Waals surface area contributed by atoms with Crippen molar-refractivity contribution in [3.8, 4) is 11.6 Å². The second kappa shape index (κ2) is 4.67. The zero-order chi connectivity index (χ0) is 11.4. The maximum atomic E-state index is 5.48. The van der Waals surface area contributed by atoms with Crippen molar-refractivity contribution >= 4 is 17.2 Å². The minimum absolute atomic E-state index is 0.247. The number of nitrogens with zero attached hydrogens (tertiary/aromatic N) is 2. The van der Waals surface area contributed by atoms with Gasteiger partial charge in [0.25, 0.3) is 0 Å². The van der Waals surface area contributed by atoms with Crippen LogP contribution in [0, 0.1) is 0 Å². The van der Waals surface area contributed by atoms with Gasteiger partial charge in [-0.2, -0.15) is 0 Å². The van der Waals surface area contributed by atoms with Crippen LogP contribution in [-0.2, 0) is 0 Å². The molecule has 4 nitrogen and oxygen atoms in total. The van der Waals surface area contributed by atoms with E-state index in [4.69, 9.17) is 22.7 Å². The third-order valence-corrected chi connectivity index (χ3v) is 2.04. The highest BCUT2D eigenvalue weighted by molar-refractivity contribution is 7.80. The van der Waals surface area contributed by atoms with E-state index < -0.39 is 0 Å². The van der Waals surface area contributed by atoms with Crippen molar-refractivity contribution in [3.05, 3.63) is 48.4 Å². The SMILES string of the molecule is NC(=S)c1cccc(Oc2cccnc2)n1. The summed E-state index contributed by atoms with van der Waals surface area (Å²) in [7, 11) is 0. The summed E-state index contributed by atoms with van der Waals surface area (Å²) in [6.45, 7) is 0. The molecule has 5 heteroatoms. The Morgan fingerprint density at radius 3 is 2.81 bits per heavy atom. The van der Waals surface area contributed by atoms with E-state index >= 15 is 0 Å². The van der Waals surface area contributed by atoms with Crippen LogP contribution in [0.15, 0.2) is 42.7 Å². The lowest BCUT2D eigenvalue weighted by molar-refractivity contribution is 0.460. The van der Waals surface area contributed by atoms with Gasteiger partial charge in [0.05, 0.1) is 6.20 Å². The van der Waals surface area contributed by atoms with Gasteiger partial charge in [0.15, 0.2) is 0 Å². The van der Waals surface area contributed by atoms with Crippen LogP contribution in [0.2, 0.25) is 0 Å². The largest absolute Gasteiger partial charge is 0.437 e. The summed E-state index contributed by atoms with van der Waals surface area (Å²) < 4.78 is 5.48. The van der Waals surface area contributed by atoms with E-state index in [9.17, 15) is 0 Å². The van der Waals surface area contributed by atoms with Crippen LogP contribution < -0.4 is 10.5 Å². The van der Waals surface area contributed by atoms with Crippen molar-refractivity contribution < 1.29 is 4.74 Å². The van der Waals surface area contributed by atoms with E-state index in [1.165, 1.54) is 0 Å². The summed E-state index contributed by atoms with van der Waals surface area (Å²) in [6, 6.07) is 8.83. The molecular formula is C11H9N3OS. The fraction of sp³-hybridized carbons (Fsp3) is 0. The van der Waals surface area contributed by atoms with Gasteiger partial charge >= 0.3 is 0 Å². The smallest absolute Gasteiger partial charge is 0.219 e. The predicted octanol–water partition coefficient (Wildman–Crippen LogP) is 1.90. The molecule has 0 aliphatic carbocycles. The lowest BCUT2D eigenvalue weighted by atomic mass is 10.3. The Labute approximate surface area is 98.1 Å². The van der Waals surface area contributed by atoms with E-state index in [1.807, 2.05) is 0 Å². The van der Waals surface area contributed by atoms with E-state index in [0.29, 0.717) is 17.3 Å². The zero-order valence-electron chi connectivity index (χ0n) is 8.33. The van der Waals surface area contributed by atoms with Gasteiger partial charge in [-0.3, -0.25) is 4.98 Å². The van der Waals surface area contributed by atoms with Gasteiger partial charge < -0.3 is 10.5 Å². The highest BCUT2D eigenvalue weighted by atomic mass is 32.1. The maximum absolute atomic E-state index is 5.48. The Morgan fingerprint density at radius 1 is 1.25 bits per heavy atom. The van der Waals surface area contributed by atoms with Crippen molar-refractivity contribution in [1.29, 1.82) is 0 Å². The molecule has 2 rings (SSSR count). The number of rotatable bonds is 3. The number of hydrogen-bond donors (Lipinski definition) is 1. The van der Waals surface area contributed by atoms with Crippen molar-refractivity contribution in [2.24, 2.45) is 5.73 Å². The summed E-state index contributed by atoms with van der Waals surface area (Å²) in [5.74, 6) is 1.06. The molecule has 0 saturated carbocycles. The molecule has 0 bridgehead atoms. The van der Waals surface area contributed by atoms with Gasteiger partial charge in [-0.05, 0) is 18.2 Å². The number of nitrogens with two attached hydrogens (primary N) is 1. The quantitative estimate of drug-likeness (QED) is 0.817. The molecule has 2 aromatic rings. The van der Waals surface area contributed by atoms with Crippen LogP contribution in [0.1, 0.15) is 5.69 Å². The lowest BCUT2D eigenvalue weighted by Crippen LogP contribution is -2.11. The van der Waals surface area contributed by atoms with Crippen LogP contribution >= 0.6 is 12.2 Å². The molecule has 2 heterocycles. The summed E-state index contributed by atoms with van der Waals surface area (Å²) in [5, 5.41) is 0. The summed E-state index contributed by atoms with van der Waals surface area (Å²) >= 11 is 4.83. The Bertz CT molecular complexity index is 502. The number of thiocarbonyl (C=S) groups is 1. The molecule has 2 aromatic heterocycles. The molecule has 0 aliphatic rings. The van der Waals surface area contributed by atoms with Crippen molar-refractivity contribution in [3.63, 3.8) is 0 Å². The van der Waals surface area contributed by atoms with Crippen molar-refractivity contribution in [2.75, 3.05) is 0 Å². The summed E-state index contributed by atoms with van der Waals surface area (Å²) in [4.78, 5) is 8.33. The van der Waals surface area contributed by atoms with Crippen LogP contribution in [0.5, 0.6) is 11.6 Å². The molecule has 0 aromatic carbocycles. The molecule has 0 aliphatic heterocycles. The fourth-order valence-electron chi connectivity index (χ4n) is 1.14. The Kier molecular flexibility index (Phi) is 3.07. The Balaban J connectivity index is 2.22. The number of ether oxygens (including phenoxy) is 1. The van der Waals surface area contributed by atoms with Crippen LogP contribution in [0.3, 0.4) is 0 Å². The second-order valence-corrected chi connectivity index (χ2v) is 3.46. The Morgan fingerprint density at radius 2 is 2.12 bits per heavy atom. The molecule has 0 amide bonds. The fourth-order valence-corrected chi connectivity index (χ4v) is 1.25. The van der Waals surface area contributed by atoms with Crippen molar-refractivity contribution in [1.82, 2.24) is 9.97 Å². The zero-order valence-corrected chi connectivity index (χ0v) is 9.15. The Hall–Kier alpha value is -2.01. The number of aromatic nitrogens is 2. The molecule has 2 N–H and O–H groups in total. The van der Waals surface area contributed by atoms with E-state index in [0.717, 1.165) is 0 Å². The topological polar surface area (TPSA) is 61.0 Å². The first-order valence-electron chi connectivity index (χ1n) is 4.60. The number of hydrogen-bond acceptors (Lipinski definition) is 4. The summed E-state index contributed by atoms with van der Waals surface area (Å²) in [5.41, 5.74) is 6.02. The van der Waals surface area contributed by atoms with E-state index in [1.54, 1.807) is 42.7 Å². The van der Waals surface area contributed by atoms with Gasteiger partial charge in [-0.1, -0.05) is 18.3 Å². The highest BCUT2D eigenvalue weighted by Crippen LogP contribution is 2.17. The second-order valence-electron chi connectivity index (χ2n) is 3.02. The van der Waals surface area contributed by atoms with E-state index in [-0.39, 0.29) is 4.99 Å². The van der Waals surface area contributed by atoms with Crippen LogP contribution in [0.25, 0.3) is 0 Å². The predicted molar refractivity (Wildman–Crippen MR) is 64.4 cm³/mol. The molecule has 0 saturated heterocycles. The monoisotopic (exact) mass is 231 g/mol. The molecule has 16 heavy (non-hydrogen) atoms. The standard InChI is InChI=1S/C11H9N3OS/c12-11(16)9-4-1-5-10(14-9)15-8-3-2-6-13-7-8/h1-7H,(H2,12,16). The minimum atomic E-state index is 0.247. The maximum Gasteiger partial charge on any atom is 0.219 e. The van der Waals surface area contributed by atoms with Gasteiger partial charge in [0.2, 0.25) is 5.88 Å². The van der Waals surface area contributed by atoms with Crippen molar-refractivity contribution in [2.45, 2.75) is 0 Å². The molecule has 0 radical (unpaired) electrons. The number of pyridine rings is 2. The molecule has 0 atom stereocenters. The minimum Gasteiger partial charge on any atom is -0.437 e. The molecule has 80 valence electrons. The molecule has 0 unspecified atom stereocenters. The summed E-state index contributed by atoms with van der Waals surface area (Å²) in [6.07, 6.45) is 3.28. The van der Waals surface area contributed by atoms with E-state index in [2.05, 4.69) is 9.97 Å². The first-order valence-corrected chi connectivity index (χ1v) is 5.01. The van der Waals surface area contributed by atoms with Gasteiger partial charge in [0.1, 0.15) is 16.4 Å². The van der Waals surface area contributed by atoms with Crippen LogP contribution in [0.4, 0.5) is 0 Å². The third-order valence-electron chi connectivity index (χ3n) is 1.83. The molecule has 0 fully saturated rings. The molecule has 0 spiro atoms. The van der Waals surface area contributed by atoms with Gasteiger partial charge in [-0.25, -0.2) is 4.98 Å². The average molecular weight is 231 g/mol. The molecular weight excluding hydrogens is 222 g/mol. The average Bonchev–Trinajstić information content (AvgIpc) is 2.30. The lowest BCUT2D eigenvalue weighted by Gasteiger charge is -2.04. The normalized spacial score (nSPS) is 9.75. The first-order chi connectivity index (χ1) is 7.75. The highest BCUT2D eigenvalue weighted by Gasteiger charge is 2.02. The van der Waals surface area contributed by atoms with Gasteiger partial charge in [-0.15, -0.1) is 0 Å². The first kappa shape index (κ1) is 10.5. The van der Waals surface area contributed by atoms with Crippen LogP contribution in [-0.4, -0.2) is 15.0 Å².